The van der Waals surface area contributed by atoms with Gasteiger partial charge in [-0.05, 0) is 35.9 Å². The van der Waals surface area contributed by atoms with E-state index in [0.29, 0.717) is 0 Å². The van der Waals surface area contributed by atoms with Gasteiger partial charge in [0, 0.05) is 49.3 Å². The van der Waals surface area contributed by atoms with Gasteiger partial charge in [0.2, 0.25) is 0 Å². The first-order chi connectivity index (χ1) is 14.8. The molecule has 1 aliphatic rings. The Kier molecular flexibility index (Phi) is 9.77. The van der Waals surface area contributed by atoms with Crippen LogP contribution in [0.2, 0.25) is 0 Å². The Morgan fingerprint density at radius 3 is 1.90 bits per heavy atom. The SMILES string of the molecule is COc1ccc(OC)c(CN2CCN(Cc3ccc(Br)cc3)CC2)c1.O=C(O)C(=O)O. The number of methoxy groups -OCH3 is 2. The largest absolute Gasteiger partial charge is 0.497 e. The Labute approximate surface area is 190 Å². The Bertz CT molecular complexity index is 855. The number of carbonyl (C=O) groups is 2. The summed E-state index contributed by atoms with van der Waals surface area (Å²) in [6.07, 6.45) is 0. The maximum Gasteiger partial charge on any atom is 0.414 e. The molecule has 9 heteroatoms. The Balaban J connectivity index is 0.000000501. The number of carboxylic acids is 2. The Hall–Kier alpha value is -2.62. The van der Waals surface area contributed by atoms with Crippen molar-refractivity contribution in [1.29, 1.82) is 0 Å². The third-order valence-corrected chi connectivity index (χ3v) is 5.38. The summed E-state index contributed by atoms with van der Waals surface area (Å²) in [5.74, 6) is -1.84. The maximum absolute atomic E-state index is 9.10. The van der Waals surface area contributed by atoms with Crippen molar-refractivity contribution < 1.29 is 29.3 Å². The van der Waals surface area contributed by atoms with E-state index >= 15 is 0 Å². The van der Waals surface area contributed by atoms with E-state index < -0.39 is 11.9 Å². The predicted octanol–water partition coefficient (Wildman–Crippen LogP) is 2.94. The van der Waals surface area contributed by atoms with E-state index in [2.05, 4.69) is 56.1 Å². The fraction of sp³-hybridized carbons (Fsp3) is 0.364. The van der Waals surface area contributed by atoms with Crippen LogP contribution in [0.5, 0.6) is 11.5 Å². The molecule has 0 atom stereocenters. The molecule has 3 rings (SSSR count). The maximum atomic E-state index is 9.10. The molecule has 1 saturated heterocycles. The topological polar surface area (TPSA) is 99.5 Å². The number of rotatable bonds is 6. The van der Waals surface area contributed by atoms with Gasteiger partial charge in [0.1, 0.15) is 11.5 Å². The first-order valence-electron chi connectivity index (χ1n) is 9.68. The number of hydrogen-bond acceptors (Lipinski definition) is 6. The molecule has 0 radical (unpaired) electrons. The van der Waals surface area contributed by atoms with Gasteiger partial charge in [-0.2, -0.15) is 0 Å². The van der Waals surface area contributed by atoms with Crippen LogP contribution < -0.4 is 9.47 Å². The molecule has 0 saturated carbocycles. The van der Waals surface area contributed by atoms with Crippen molar-refractivity contribution in [1.82, 2.24) is 9.80 Å². The van der Waals surface area contributed by atoms with Crippen molar-refractivity contribution in [3.05, 3.63) is 58.1 Å². The van der Waals surface area contributed by atoms with Crippen molar-refractivity contribution in [3.8, 4) is 11.5 Å². The third kappa shape index (κ3) is 8.20. The minimum atomic E-state index is -1.82. The van der Waals surface area contributed by atoms with Crippen LogP contribution in [-0.2, 0) is 22.7 Å². The average Bonchev–Trinajstić information content (AvgIpc) is 2.77. The molecule has 1 aliphatic heterocycles. The van der Waals surface area contributed by atoms with Crippen LogP contribution in [0.4, 0.5) is 0 Å². The second-order valence-electron chi connectivity index (χ2n) is 6.97. The molecule has 2 aromatic rings. The number of ether oxygens (including phenoxy) is 2. The number of hydrogen-bond donors (Lipinski definition) is 2. The molecule has 0 amide bonds. The zero-order chi connectivity index (χ0) is 22.8. The summed E-state index contributed by atoms with van der Waals surface area (Å²) in [6, 6.07) is 14.6. The monoisotopic (exact) mass is 494 g/mol. The van der Waals surface area contributed by atoms with Crippen LogP contribution in [0.25, 0.3) is 0 Å². The standard InChI is InChI=1S/C20H25BrN2O2.C2H2O4/c1-24-19-7-8-20(25-2)17(13-19)15-23-11-9-22(10-12-23)14-16-3-5-18(21)6-4-16;3-1(4)2(5)6/h3-8,13H,9-12,14-15H2,1-2H3;(H,3,4)(H,5,6). The summed E-state index contributed by atoms with van der Waals surface area (Å²) in [7, 11) is 3.42. The van der Waals surface area contributed by atoms with Crippen molar-refractivity contribution in [3.63, 3.8) is 0 Å². The lowest BCUT2D eigenvalue weighted by atomic mass is 10.1. The molecule has 1 heterocycles. The van der Waals surface area contributed by atoms with E-state index in [1.165, 1.54) is 11.1 Å². The molecule has 2 N–H and O–H groups in total. The second-order valence-corrected chi connectivity index (χ2v) is 7.88. The van der Waals surface area contributed by atoms with Crippen LogP contribution in [0.15, 0.2) is 46.9 Å². The van der Waals surface area contributed by atoms with Crippen LogP contribution >= 0.6 is 15.9 Å². The molecular formula is C22H27BrN2O6. The number of aliphatic carboxylic acids is 2. The van der Waals surface area contributed by atoms with Gasteiger partial charge in [0.25, 0.3) is 0 Å². The van der Waals surface area contributed by atoms with Gasteiger partial charge in [-0.3, -0.25) is 9.80 Å². The highest BCUT2D eigenvalue weighted by molar-refractivity contribution is 9.10. The zero-order valence-electron chi connectivity index (χ0n) is 17.6. The van der Waals surface area contributed by atoms with Crippen molar-refractivity contribution >= 4 is 27.9 Å². The van der Waals surface area contributed by atoms with Gasteiger partial charge >= 0.3 is 11.9 Å². The summed E-state index contributed by atoms with van der Waals surface area (Å²) >= 11 is 3.49. The van der Waals surface area contributed by atoms with Crippen LogP contribution in [0, 0.1) is 0 Å². The van der Waals surface area contributed by atoms with Crippen molar-refractivity contribution in [2.75, 3.05) is 40.4 Å². The third-order valence-electron chi connectivity index (χ3n) is 4.85. The molecule has 0 unspecified atom stereocenters. The summed E-state index contributed by atoms with van der Waals surface area (Å²) < 4.78 is 12.0. The summed E-state index contributed by atoms with van der Waals surface area (Å²) in [4.78, 5) is 23.2. The van der Waals surface area contributed by atoms with E-state index in [1.54, 1.807) is 14.2 Å². The first kappa shape index (κ1) is 24.6. The zero-order valence-corrected chi connectivity index (χ0v) is 19.2. The molecule has 0 spiro atoms. The van der Waals surface area contributed by atoms with Gasteiger partial charge in [-0.1, -0.05) is 28.1 Å². The average molecular weight is 495 g/mol. The molecular weight excluding hydrogens is 468 g/mol. The molecule has 0 bridgehead atoms. The lowest BCUT2D eigenvalue weighted by Gasteiger charge is -2.35. The molecule has 0 aromatic heterocycles. The normalized spacial score (nSPS) is 14.3. The smallest absolute Gasteiger partial charge is 0.414 e. The first-order valence-corrected chi connectivity index (χ1v) is 10.5. The van der Waals surface area contributed by atoms with E-state index in [1.807, 2.05) is 12.1 Å². The number of nitrogens with zero attached hydrogens (tertiary/aromatic N) is 2. The highest BCUT2D eigenvalue weighted by atomic mass is 79.9. The summed E-state index contributed by atoms with van der Waals surface area (Å²) in [5.41, 5.74) is 2.55. The van der Waals surface area contributed by atoms with E-state index in [-0.39, 0.29) is 0 Å². The summed E-state index contributed by atoms with van der Waals surface area (Å²) in [5, 5.41) is 14.8. The molecule has 2 aromatic carbocycles. The van der Waals surface area contributed by atoms with Gasteiger partial charge in [0.15, 0.2) is 0 Å². The van der Waals surface area contributed by atoms with Crippen molar-refractivity contribution in [2.45, 2.75) is 13.1 Å². The molecule has 8 nitrogen and oxygen atoms in total. The van der Waals surface area contributed by atoms with E-state index in [0.717, 1.165) is 55.2 Å². The Morgan fingerprint density at radius 2 is 1.42 bits per heavy atom. The Morgan fingerprint density at radius 1 is 0.871 bits per heavy atom. The molecule has 31 heavy (non-hydrogen) atoms. The quantitative estimate of drug-likeness (QED) is 0.591. The van der Waals surface area contributed by atoms with Crippen LogP contribution in [0.1, 0.15) is 11.1 Å². The van der Waals surface area contributed by atoms with Gasteiger partial charge in [0.05, 0.1) is 14.2 Å². The second kappa shape index (κ2) is 12.3. The molecule has 1 fully saturated rings. The number of piperazine rings is 1. The van der Waals surface area contributed by atoms with Crippen LogP contribution in [0.3, 0.4) is 0 Å². The van der Waals surface area contributed by atoms with Gasteiger partial charge in [-0.15, -0.1) is 0 Å². The lowest BCUT2D eigenvalue weighted by Crippen LogP contribution is -2.45. The van der Waals surface area contributed by atoms with Crippen molar-refractivity contribution in [2.24, 2.45) is 0 Å². The number of carboxylic acid groups (broad SMARTS) is 2. The molecule has 0 aliphatic carbocycles. The summed E-state index contributed by atoms with van der Waals surface area (Å²) in [6.45, 7) is 6.22. The van der Waals surface area contributed by atoms with Crippen LogP contribution in [-0.4, -0.2) is 72.4 Å². The van der Waals surface area contributed by atoms with Gasteiger partial charge in [-0.25, -0.2) is 9.59 Å². The highest BCUT2D eigenvalue weighted by Gasteiger charge is 2.18. The highest BCUT2D eigenvalue weighted by Crippen LogP contribution is 2.25. The van der Waals surface area contributed by atoms with E-state index in [4.69, 9.17) is 29.3 Å². The fourth-order valence-electron chi connectivity index (χ4n) is 3.20. The number of benzene rings is 2. The van der Waals surface area contributed by atoms with E-state index in [9.17, 15) is 0 Å². The predicted molar refractivity (Wildman–Crippen MR) is 120 cm³/mol. The fourth-order valence-corrected chi connectivity index (χ4v) is 3.46. The minimum absolute atomic E-state index is 0.879. The van der Waals surface area contributed by atoms with Gasteiger partial charge < -0.3 is 19.7 Å². The lowest BCUT2D eigenvalue weighted by molar-refractivity contribution is -0.159. The molecule has 168 valence electrons. The minimum Gasteiger partial charge on any atom is -0.497 e. The number of halogens is 1.